The van der Waals surface area contributed by atoms with Crippen LogP contribution in [0.25, 0.3) is 17.0 Å². The molecule has 1 saturated heterocycles. The van der Waals surface area contributed by atoms with Gasteiger partial charge in [0.25, 0.3) is 11.1 Å². The quantitative estimate of drug-likeness (QED) is 0.439. The molecule has 0 aliphatic carbocycles. The summed E-state index contributed by atoms with van der Waals surface area (Å²) < 4.78 is 20.2. The first-order chi connectivity index (χ1) is 15.9. The Hall–Kier alpha value is -3.92. The number of carbonyl (C=O) groups excluding carboxylic acids is 4. The number of anilines is 1. The van der Waals surface area contributed by atoms with Crippen molar-refractivity contribution in [1.82, 2.24) is 9.47 Å². The molecule has 2 heterocycles. The second-order valence-electron chi connectivity index (χ2n) is 7.10. The summed E-state index contributed by atoms with van der Waals surface area (Å²) in [6, 6.07) is 12.9. The molecule has 0 bridgehead atoms. The van der Waals surface area contributed by atoms with Crippen LogP contribution in [-0.4, -0.2) is 46.1 Å². The van der Waals surface area contributed by atoms with Gasteiger partial charge in [-0.1, -0.05) is 30.3 Å². The van der Waals surface area contributed by atoms with Crippen LogP contribution < -0.4 is 5.32 Å². The Morgan fingerprint density at radius 1 is 1.09 bits per heavy atom. The first kappa shape index (κ1) is 22.3. The fourth-order valence-corrected chi connectivity index (χ4v) is 4.23. The normalized spacial score (nSPS) is 14.8. The fraction of sp³-hybridized carbons (Fsp3) is 0.130. The molecule has 33 heavy (non-hydrogen) atoms. The van der Waals surface area contributed by atoms with Gasteiger partial charge in [0.05, 0.1) is 17.7 Å². The van der Waals surface area contributed by atoms with E-state index in [1.807, 2.05) is 24.3 Å². The number of para-hydroxylation sites is 2. The molecule has 0 unspecified atom stereocenters. The SMILES string of the molecule is COC(=O)Cn1cc(/C=C2/SC(=O)N(CC(=O)Nc3ccccc3F)C2=O)c2ccccc21. The maximum atomic E-state index is 13.7. The van der Waals surface area contributed by atoms with E-state index in [-0.39, 0.29) is 17.1 Å². The number of benzene rings is 2. The van der Waals surface area contributed by atoms with Gasteiger partial charge in [0.2, 0.25) is 5.91 Å². The van der Waals surface area contributed by atoms with E-state index in [4.69, 9.17) is 4.74 Å². The number of thioether (sulfide) groups is 1. The Labute approximate surface area is 192 Å². The molecule has 1 aromatic heterocycles. The molecule has 0 atom stereocenters. The van der Waals surface area contributed by atoms with Crippen molar-refractivity contribution in [2.75, 3.05) is 19.0 Å². The number of halogens is 1. The van der Waals surface area contributed by atoms with Crippen molar-refractivity contribution in [1.29, 1.82) is 0 Å². The van der Waals surface area contributed by atoms with Crippen LogP contribution in [0, 0.1) is 5.82 Å². The molecule has 2 aromatic carbocycles. The minimum Gasteiger partial charge on any atom is -0.468 e. The van der Waals surface area contributed by atoms with E-state index >= 15 is 0 Å². The number of methoxy groups -OCH3 is 1. The van der Waals surface area contributed by atoms with Crippen LogP contribution in [0.15, 0.2) is 59.6 Å². The van der Waals surface area contributed by atoms with Crippen molar-refractivity contribution >= 4 is 57.5 Å². The van der Waals surface area contributed by atoms with E-state index in [0.29, 0.717) is 17.3 Å². The van der Waals surface area contributed by atoms with E-state index in [9.17, 15) is 23.6 Å². The molecule has 1 N–H and O–H groups in total. The van der Waals surface area contributed by atoms with Gasteiger partial charge in [-0.25, -0.2) is 4.39 Å². The number of amides is 3. The smallest absolute Gasteiger partial charge is 0.325 e. The van der Waals surface area contributed by atoms with E-state index in [1.165, 1.54) is 25.3 Å². The molecule has 0 saturated carbocycles. The van der Waals surface area contributed by atoms with Gasteiger partial charge in [-0.3, -0.25) is 24.1 Å². The highest BCUT2D eigenvalue weighted by molar-refractivity contribution is 8.18. The van der Waals surface area contributed by atoms with E-state index in [0.717, 1.165) is 15.8 Å². The number of rotatable bonds is 6. The maximum absolute atomic E-state index is 13.7. The van der Waals surface area contributed by atoms with Gasteiger partial charge < -0.3 is 14.6 Å². The first-order valence-electron chi connectivity index (χ1n) is 9.82. The summed E-state index contributed by atoms with van der Waals surface area (Å²) in [5.74, 6) is -2.37. The molecular formula is C23H18FN3O5S. The number of hydrogen-bond donors (Lipinski definition) is 1. The van der Waals surface area contributed by atoms with E-state index in [1.54, 1.807) is 22.9 Å². The summed E-state index contributed by atoms with van der Waals surface area (Å²) in [5, 5.41) is 2.54. The molecule has 168 valence electrons. The molecular weight excluding hydrogens is 449 g/mol. The number of nitrogens with one attached hydrogen (secondary N) is 1. The molecule has 1 fully saturated rings. The fourth-order valence-electron chi connectivity index (χ4n) is 3.40. The summed E-state index contributed by atoms with van der Waals surface area (Å²) >= 11 is 0.708. The topological polar surface area (TPSA) is 97.7 Å². The Morgan fingerprint density at radius 2 is 1.82 bits per heavy atom. The zero-order valence-electron chi connectivity index (χ0n) is 17.4. The largest absolute Gasteiger partial charge is 0.468 e. The minimum absolute atomic E-state index is 0.0114. The van der Waals surface area contributed by atoms with E-state index in [2.05, 4.69) is 5.32 Å². The van der Waals surface area contributed by atoms with Crippen molar-refractivity contribution in [3.63, 3.8) is 0 Å². The standard InChI is InChI=1S/C23H18FN3O5S/c1-32-21(29)13-26-11-14(15-6-2-5-9-18(15)26)10-19-22(30)27(23(31)33-19)12-20(28)25-17-8-4-3-7-16(17)24/h2-11H,12-13H2,1H3,(H,25,28)/b19-10+. The Balaban J connectivity index is 1.56. The zero-order valence-corrected chi connectivity index (χ0v) is 18.2. The third-order valence-corrected chi connectivity index (χ3v) is 5.86. The zero-order chi connectivity index (χ0) is 23.5. The van der Waals surface area contributed by atoms with Gasteiger partial charge in [-0.05, 0) is 36.0 Å². The van der Waals surface area contributed by atoms with Gasteiger partial charge in [0, 0.05) is 22.7 Å². The van der Waals surface area contributed by atoms with Gasteiger partial charge in [-0.15, -0.1) is 0 Å². The molecule has 1 aliphatic heterocycles. The van der Waals surface area contributed by atoms with Gasteiger partial charge in [0.1, 0.15) is 18.9 Å². The van der Waals surface area contributed by atoms with Crippen molar-refractivity contribution in [3.8, 4) is 0 Å². The third kappa shape index (κ3) is 4.65. The number of ether oxygens (including phenoxy) is 1. The summed E-state index contributed by atoms with van der Waals surface area (Å²) in [4.78, 5) is 50.2. The number of fused-ring (bicyclic) bond motifs is 1. The van der Waals surface area contributed by atoms with Crippen LogP contribution in [0.5, 0.6) is 0 Å². The Kier molecular flexibility index (Phi) is 6.27. The van der Waals surface area contributed by atoms with Gasteiger partial charge >= 0.3 is 5.97 Å². The highest BCUT2D eigenvalue weighted by atomic mass is 32.2. The Morgan fingerprint density at radius 3 is 2.58 bits per heavy atom. The highest BCUT2D eigenvalue weighted by Crippen LogP contribution is 2.34. The lowest BCUT2D eigenvalue weighted by Crippen LogP contribution is -2.36. The van der Waals surface area contributed by atoms with Crippen LogP contribution in [0.4, 0.5) is 14.9 Å². The summed E-state index contributed by atoms with van der Waals surface area (Å²) in [7, 11) is 1.30. The molecule has 10 heteroatoms. The number of aromatic nitrogens is 1. The van der Waals surface area contributed by atoms with E-state index < -0.39 is 35.4 Å². The lowest BCUT2D eigenvalue weighted by atomic mass is 10.1. The predicted molar refractivity (Wildman–Crippen MR) is 122 cm³/mol. The second-order valence-corrected chi connectivity index (χ2v) is 8.09. The number of esters is 1. The van der Waals surface area contributed by atoms with Crippen molar-refractivity contribution in [2.24, 2.45) is 0 Å². The molecule has 4 rings (SSSR count). The van der Waals surface area contributed by atoms with Gasteiger partial charge in [0.15, 0.2) is 0 Å². The summed E-state index contributed by atoms with van der Waals surface area (Å²) in [6.45, 7) is -0.553. The molecule has 0 spiro atoms. The molecule has 1 aliphatic rings. The lowest BCUT2D eigenvalue weighted by Gasteiger charge is -2.12. The van der Waals surface area contributed by atoms with Crippen LogP contribution in [0.2, 0.25) is 0 Å². The predicted octanol–water partition coefficient (Wildman–Crippen LogP) is 3.63. The molecule has 3 aromatic rings. The maximum Gasteiger partial charge on any atom is 0.325 e. The van der Waals surface area contributed by atoms with Crippen LogP contribution in [0.3, 0.4) is 0 Å². The number of nitrogens with zero attached hydrogens (tertiary/aromatic N) is 2. The van der Waals surface area contributed by atoms with Crippen LogP contribution >= 0.6 is 11.8 Å². The van der Waals surface area contributed by atoms with Gasteiger partial charge in [-0.2, -0.15) is 0 Å². The molecule has 8 nitrogen and oxygen atoms in total. The monoisotopic (exact) mass is 467 g/mol. The van der Waals surface area contributed by atoms with Crippen molar-refractivity contribution in [3.05, 3.63) is 71.0 Å². The summed E-state index contributed by atoms with van der Waals surface area (Å²) in [6.07, 6.45) is 3.25. The van der Waals surface area contributed by atoms with Crippen molar-refractivity contribution < 1.29 is 28.3 Å². The first-order valence-corrected chi connectivity index (χ1v) is 10.6. The lowest BCUT2D eigenvalue weighted by molar-refractivity contribution is -0.141. The third-order valence-electron chi connectivity index (χ3n) is 4.96. The number of hydrogen-bond acceptors (Lipinski definition) is 6. The molecule has 0 radical (unpaired) electrons. The highest BCUT2D eigenvalue weighted by Gasteiger charge is 2.36. The Bertz CT molecular complexity index is 1320. The van der Waals surface area contributed by atoms with Crippen molar-refractivity contribution in [2.45, 2.75) is 6.54 Å². The second kappa shape index (κ2) is 9.29. The number of carbonyl (C=O) groups is 4. The minimum atomic E-state index is -0.696. The van der Waals surface area contributed by atoms with Crippen LogP contribution in [-0.2, 0) is 25.7 Å². The molecule has 3 amide bonds. The average molecular weight is 467 g/mol. The average Bonchev–Trinajstić information content (AvgIpc) is 3.27. The van der Waals surface area contributed by atoms with Crippen LogP contribution in [0.1, 0.15) is 5.56 Å². The summed E-state index contributed by atoms with van der Waals surface area (Å²) in [5.41, 5.74) is 1.36. The number of imide groups is 1.